The highest BCUT2D eigenvalue weighted by atomic mass is 16.5. The Balaban J connectivity index is 1.56. The fourth-order valence-electron chi connectivity index (χ4n) is 8.86. The van der Waals surface area contributed by atoms with Crippen molar-refractivity contribution >= 4 is 0 Å². The SMILES string of the molecule is COC1C=C2CC(O)CCC2(C)C2CCC3(C)C(C(C)CCC(C)C(C)C)CCC3C12. The molecule has 0 aromatic carbocycles. The second-order valence-electron chi connectivity index (χ2n) is 13.0. The normalized spacial score (nSPS) is 46.7. The number of hydrogen-bond donors (Lipinski definition) is 1. The molecule has 0 bridgehead atoms. The average Bonchev–Trinajstić information content (AvgIpc) is 3.09. The van der Waals surface area contributed by atoms with Crippen molar-refractivity contribution in [2.24, 2.45) is 52.3 Å². The lowest BCUT2D eigenvalue weighted by Gasteiger charge is -2.60. The molecule has 0 amide bonds. The van der Waals surface area contributed by atoms with Crippen LogP contribution in [0.15, 0.2) is 11.6 Å². The van der Waals surface area contributed by atoms with Gasteiger partial charge in [-0.25, -0.2) is 0 Å². The van der Waals surface area contributed by atoms with E-state index in [0.29, 0.717) is 11.3 Å². The first-order chi connectivity index (χ1) is 14.6. The van der Waals surface area contributed by atoms with Gasteiger partial charge in [-0.05, 0) is 97.2 Å². The van der Waals surface area contributed by atoms with Gasteiger partial charge in [0, 0.05) is 7.11 Å². The van der Waals surface area contributed by atoms with E-state index in [9.17, 15) is 5.11 Å². The van der Waals surface area contributed by atoms with Crippen molar-refractivity contribution in [1.82, 2.24) is 0 Å². The van der Waals surface area contributed by atoms with E-state index in [-0.39, 0.29) is 17.6 Å². The van der Waals surface area contributed by atoms with Gasteiger partial charge in [-0.2, -0.15) is 0 Å². The van der Waals surface area contributed by atoms with E-state index in [4.69, 9.17) is 4.74 Å². The molecule has 0 spiro atoms. The van der Waals surface area contributed by atoms with Crippen molar-refractivity contribution in [3.63, 3.8) is 0 Å². The lowest BCUT2D eigenvalue weighted by Crippen LogP contribution is -2.55. The third-order valence-electron chi connectivity index (χ3n) is 11.3. The predicted octanol–water partition coefficient (Wildman–Crippen LogP) is 7.26. The van der Waals surface area contributed by atoms with Crippen LogP contribution in [0.3, 0.4) is 0 Å². The fraction of sp³-hybridized carbons (Fsp3) is 0.931. The van der Waals surface area contributed by atoms with Crippen LogP contribution in [0.25, 0.3) is 0 Å². The van der Waals surface area contributed by atoms with Crippen LogP contribution in [0.5, 0.6) is 0 Å². The van der Waals surface area contributed by atoms with Crippen LogP contribution in [0.1, 0.15) is 99.3 Å². The molecule has 0 aromatic rings. The summed E-state index contributed by atoms with van der Waals surface area (Å²) in [6, 6.07) is 0. The molecule has 10 atom stereocenters. The minimum absolute atomic E-state index is 0.146. The molecule has 4 aliphatic rings. The summed E-state index contributed by atoms with van der Waals surface area (Å²) >= 11 is 0. The van der Waals surface area contributed by atoms with Crippen LogP contribution in [0, 0.1) is 52.3 Å². The van der Waals surface area contributed by atoms with E-state index in [1.165, 1.54) is 44.1 Å². The molecule has 178 valence electrons. The quantitative estimate of drug-likeness (QED) is 0.449. The van der Waals surface area contributed by atoms with Gasteiger partial charge in [0.2, 0.25) is 0 Å². The Hall–Kier alpha value is -0.340. The van der Waals surface area contributed by atoms with Gasteiger partial charge in [-0.15, -0.1) is 0 Å². The van der Waals surface area contributed by atoms with E-state index >= 15 is 0 Å². The highest BCUT2D eigenvalue weighted by Gasteiger charge is 2.61. The first-order valence-electron chi connectivity index (χ1n) is 13.5. The molecule has 0 saturated heterocycles. The zero-order chi connectivity index (χ0) is 22.6. The Morgan fingerprint density at radius 1 is 1.00 bits per heavy atom. The predicted molar refractivity (Wildman–Crippen MR) is 130 cm³/mol. The average molecular weight is 431 g/mol. The highest BCUT2D eigenvalue weighted by Crippen LogP contribution is 2.67. The molecule has 0 aromatic heterocycles. The van der Waals surface area contributed by atoms with Crippen LogP contribution < -0.4 is 0 Å². The molecule has 2 nitrogen and oxygen atoms in total. The topological polar surface area (TPSA) is 29.5 Å². The van der Waals surface area contributed by atoms with E-state index in [1.54, 1.807) is 0 Å². The third-order valence-corrected chi connectivity index (χ3v) is 11.3. The molecule has 0 radical (unpaired) electrons. The van der Waals surface area contributed by atoms with E-state index < -0.39 is 0 Å². The molecule has 3 fully saturated rings. The number of fused-ring (bicyclic) bond motifs is 5. The molecular formula is C29H50O2. The van der Waals surface area contributed by atoms with Crippen molar-refractivity contribution in [2.45, 2.75) is 112 Å². The fourth-order valence-corrected chi connectivity index (χ4v) is 8.86. The van der Waals surface area contributed by atoms with Crippen molar-refractivity contribution in [3.8, 4) is 0 Å². The van der Waals surface area contributed by atoms with Gasteiger partial charge in [-0.3, -0.25) is 0 Å². The first kappa shape index (κ1) is 23.8. The third kappa shape index (κ3) is 3.96. The van der Waals surface area contributed by atoms with Crippen LogP contribution in [-0.2, 0) is 4.74 Å². The van der Waals surface area contributed by atoms with Gasteiger partial charge in [0.1, 0.15) is 0 Å². The van der Waals surface area contributed by atoms with Crippen molar-refractivity contribution in [3.05, 3.63) is 11.6 Å². The molecule has 10 unspecified atom stereocenters. The Morgan fingerprint density at radius 3 is 2.42 bits per heavy atom. The zero-order valence-corrected chi connectivity index (χ0v) is 21.5. The summed E-state index contributed by atoms with van der Waals surface area (Å²) in [5.74, 6) is 5.55. The minimum Gasteiger partial charge on any atom is -0.393 e. The Kier molecular flexibility index (Phi) is 6.75. The second kappa shape index (κ2) is 8.79. The number of aliphatic hydroxyl groups excluding tert-OH is 1. The standard InChI is InChI=1S/C29H50O2/c1-18(2)19(3)8-9-20(4)23-10-11-24-27-25(13-15-29(23,24)6)28(5)14-12-22(30)16-21(28)17-26(27)31-7/h17-20,22-27,30H,8-16H2,1-7H3. The summed E-state index contributed by atoms with van der Waals surface area (Å²) in [7, 11) is 1.93. The summed E-state index contributed by atoms with van der Waals surface area (Å²) in [6.45, 7) is 15.0. The molecule has 0 aliphatic heterocycles. The molecule has 1 N–H and O–H groups in total. The molecular weight excluding hydrogens is 380 g/mol. The van der Waals surface area contributed by atoms with E-state index in [2.05, 4.69) is 47.6 Å². The monoisotopic (exact) mass is 430 g/mol. The summed E-state index contributed by atoms with van der Waals surface area (Å²) in [5, 5.41) is 10.3. The maximum Gasteiger partial charge on any atom is 0.0788 e. The van der Waals surface area contributed by atoms with Crippen LogP contribution in [0.2, 0.25) is 0 Å². The van der Waals surface area contributed by atoms with Gasteiger partial charge < -0.3 is 9.84 Å². The largest absolute Gasteiger partial charge is 0.393 e. The van der Waals surface area contributed by atoms with E-state index in [0.717, 1.165) is 54.8 Å². The van der Waals surface area contributed by atoms with Gasteiger partial charge in [0.15, 0.2) is 0 Å². The van der Waals surface area contributed by atoms with Crippen LogP contribution in [-0.4, -0.2) is 24.4 Å². The number of methoxy groups -OCH3 is 1. The van der Waals surface area contributed by atoms with Gasteiger partial charge >= 0.3 is 0 Å². The summed E-state index contributed by atoms with van der Waals surface area (Å²) in [5.41, 5.74) is 2.28. The van der Waals surface area contributed by atoms with Gasteiger partial charge in [-0.1, -0.05) is 66.0 Å². The molecule has 2 heteroatoms. The summed E-state index contributed by atoms with van der Waals surface area (Å²) < 4.78 is 6.19. The number of ether oxygens (including phenoxy) is 1. The van der Waals surface area contributed by atoms with Crippen molar-refractivity contribution in [1.29, 1.82) is 0 Å². The maximum absolute atomic E-state index is 10.3. The molecule has 3 saturated carbocycles. The molecule has 31 heavy (non-hydrogen) atoms. The second-order valence-corrected chi connectivity index (χ2v) is 13.0. The first-order valence-corrected chi connectivity index (χ1v) is 13.5. The Morgan fingerprint density at radius 2 is 1.74 bits per heavy atom. The van der Waals surface area contributed by atoms with Crippen LogP contribution in [0.4, 0.5) is 0 Å². The molecule has 0 heterocycles. The maximum atomic E-state index is 10.3. The zero-order valence-electron chi connectivity index (χ0n) is 21.5. The lowest BCUT2D eigenvalue weighted by molar-refractivity contribution is -0.106. The summed E-state index contributed by atoms with van der Waals surface area (Å²) in [6.07, 6.45) is 13.9. The number of aliphatic hydroxyl groups is 1. The summed E-state index contributed by atoms with van der Waals surface area (Å²) in [4.78, 5) is 0. The number of rotatable bonds is 6. The van der Waals surface area contributed by atoms with Gasteiger partial charge in [0.05, 0.1) is 12.2 Å². The van der Waals surface area contributed by atoms with Crippen molar-refractivity contribution < 1.29 is 9.84 Å². The lowest BCUT2D eigenvalue weighted by atomic mass is 9.46. The Bertz CT molecular complexity index is 668. The Labute approximate surface area is 192 Å². The smallest absolute Gasteiger partial charge is 0.0788 e. The molecule has 4 aliphatic carbocycles. The minimum atomic E-state index is -0.146. The highest BCUT2D eigenvalue weighted by molar-refractivity contribution is 5.28. The molecule has 4 rings (SSSR count). The van der Waals surface area contributed by atoms with Gasteiger partial charge in [0.25, 0.3) is 0 Å². The van der Waals surface area contributed by atoms with E-state index in [1.807, 2.05) is 7.11 Å². The van der Waals surface area contributed by atoms with Crippen LogP contribution >= 0.6 is 0 Å². The van der Waals surface area contributed by atoms with Crippen molar-refractivity contribution in [2.75, 3.05) is 7.11 Å². The number of hydrogen-bond acceptors (Lipinski definition) is 2.